The Labute approximate surface area is 170 Å². The van der Waals surface area contributed by atoms with E-state index in [1.165, 1.54) is 0 Å². The molecule has 0 amide bonds. The van der Waals surface area contributed by atoms with Gasteiger partial charge in [-0.25, -0.2) is 18.6 Å². The van der Waals surface area contributed by atoms with Crippen molar-refractivity contribution < 1.29 is 8.42 Å². The van der Waals surface area contributed by atoms with E-state index >= 15 is 0 Å². The van der Waals surface area contributed by atoms with Crippen molar-refractivity contribution in [2.75, 3.05) is 6.54 Å². The average Bonchev–Trinajstić information content (AvgIpc) is 3.08. The van der Waals surface area contributed by atoms with Crippen LogP contribution >= 0.6 is 22.9 Å². The molecule has 0 bridgehead atoms. The van der Waals surface area contributed by atoms with E-state index < -0.39 is 10.0 Å². The number of benzene rings is 1. The number of hydrazine groups is 1. The summed E-state index contributed by atoms with van der Waals surface area (Å²) in [6.45, 7) is 8.46. The van der Waals surface area contributed by atoms with Crippen LogP contribution in [0.5, 0.6) is 0 Å². The monoisotopic (exact) mass is 427 g/mol. The van der Waals surface area contributed by atoms with Crippen molar-refractivity contribution >= 4 is 33.0 Å². The molecule has 1 aliphatic heterocycles. The Morgan fingerprint density at radius 1 is 1.11 bits per heavy atom. The molecule has 1 saturated heterocycles. The average molecular weight is 428 g/mol. The van der Waals surface area contributed by atoms with Gasteiger partial charge in [0, 0.05) is 32.9 Å². The minimum Gasteiger partial charge on any atom is -0.254 e. The lowest BCUT2D eigenvalue weighted by atomic mass is 9.92. The van der Waals surface area contributed by atoms with Crippen LogP contribution in [0, 0.1) is 19.8 Å². The Hall–Kier alpha value is -0.960. The topological polar surface area (TPSA) is 70.2 Å². The van der Waals surface area contributed by atoms with Gasteiger partial charge in [0.25, 0.3) is 0 Å². The molecule has 3 unspecified atom stereocenters. The number of rotatable bonds is 6. The van der Waals surface area contributed by atoms with E-state index in [-0.39, 0.29) is 12.1 Å². The molecular weight excluding hydrogens is 402 g/mol. The third-order valence-electron chi connectivity index (χ3n) is 5.23. The highest BCUT2D eigenvalue weighted by molar-refractivity contribution is 7.89. The van der Waals surface area contributed by atoms with E-state index in [0.29, 0.717) is 28.8 Å². The second-order valence-corrected chi connectivity index (χ2v) is 10.7. The van der Waals surface area contributed by atoms with Crippen molar-refractivity contribution in [3.05, 3.63) is 50.2 Å². The van der Waals surface area contributed by atoms with E-state index in [1.807, 2.05) is 38.1 Å². The predicted molar refractivity (Wildman–Crippen MR) is 112 cm³/mol. The molecule has 1 aliphatic rings. The summed E-state index contributed by atoms with van der Waals surface area (Å²) < 4.78 is 29.0. The van der Waals surface area contributed by atoms with Crippen LogP contribution in [-0.2, 0) is 16.4 Å². The first-order valence-electron chi connectivity index (χ1n) is 9.05. The van der Waals surface area contributed by atoms with Crippen LogP contribution in [-0.4, -0.2) is 21.0 Å². The molecule has 5 nitrogen and oxygen atoms in total. The van der Waals surface area contributed by atoms with Gasteiger partial charge in [0.2, 0.25) is 10.0 Å². The van der Waals surface area contributed by atoms with Crippen LogP contribution in [0.2, 0.25) is 5.02 Å². The van der Waals surface area contributed by atoms with Gasteiger partial charge in [0.1, 0.15) is 4.90 Å². The largest absolute Gasteiger partial charge is 0.254 e. The second-order valence-electron chi connectivity index (χ2n) is 7.15. The molecule has 0 saturated carbocycles. The van der Waals surface area contributed by atoms with Gasteiger partial charge in [0.15, 0.2) is 0 Å². The van der Waals surface area contributed by atoms with Gasteiger partial charge in [-0.15, -0.1) is 11.3 Å². The summed E-state index contributed by atoms with van der Waals surface area (Å²) >= 11 is 7.44. The molecule has 0 radical (unpaired) electrons. The number of hydrogen-bond acceptors (Lipinski definition) is 5. The van der Waals surface area contributed by atoms with Crippen LogP contribution < -0.4 is 15.6 Å². The highest BCUT2D eigenvalue weighted by Crippen LogP contribution is 2.40. The van der Waals surface area contributed by atoms with Crippen LogP contribution in [0.1, 0.15) is 40.8 Å². The lowest BCUT2D eigenvalue weighted by Crippen LogP contribution is -2.31. The third kappa shape index (κ3) is 4.39. The summed E-state index contributed by atoms with van der Waals surface area (Å²) in [6.07, 6.45) is 0.616. The fraction of sp³-hybridized carbons (Fsp3) is 0.474. The van der Waals surface area contributed by atoms with Gasteiger partial charge >= 0.3 is 0 Å². The standard InChI is InChI=1S/C19H26ClN3O2S2/c1-11-12(2)22-23-18(11)17-13(3)26-14(4)19(17)27(24,25)21-10-9-15-5-7-16(20)8-6-15/h5-8,11-12,18,21-23H,9-10H2,1-4H3. The third-order valence-corrected chi connectivity index (χ3v) is 8.29. The first-order valence-corrected chi connectivity index (χ1v) is 11.7. The van der Waals surface area contributed by atoms with Crippen LogP contribution in [0.25, 0.3) is 0 Å². The van der Waals surface area contributed by atoms with E-state index in [4.69, 9.17) is 11.6 Å². The number of sulfonamides is 1. The molecule has 2 aromatic rings. The summed E-state index contributed by atoms with van der Waals surface area (Å²) in [7, 11) is -3.59. The Kier molecular flexibility index (Phi) is 6.30. The van der Waals surface area contributed by atoms with Gasteiger partial charge in [-0.05, 0) is 50.8 Å². The summed E-state index contributed by atoms with van der Waals surface area (Å²) in [5, 5.41) is 0.675. The van der Waals surface area contributed by atoms with Gasteiger partial charge in [-0.1, -0.05) is 30.7 Å². The van der Waals surface area contributed by atoms with Crippen LogP contribution in [0.15, 0.2) is 29.2 Å². The van der Waals surface area contributed by atoms with Gasteiger partial charge in [-0.3, -0.25) is 5.43 Å². The number of thiophene rings is 1. The Bertz CT molecular complexity index is 910. The number of hydrogen-bond donors (Lipinski definition) is 3. The summed E-state index contributed by atoms with van der Waals surface area (Å²) in [6, 6.07) is 7.73. The molecule has 3 N–H and O–H groups in total. The molecule has 148 valence electrons. The number of nitrogens with one attached hydrogen (secondary N) is 3. The minimum atomic E-state index is -3.59. The maximum Gasteiger partial charge on any atom is 0.242 e. The number of halogens is 1. The summed E-state index contributed by atoms with van der Waals surface area (Å²) in [5.41, 5.74) is 8.44. The fourth-order valence-corrected chi connectivity index (χ4v) is 6.64. The molecule has 0 spiro atoms. The van der Waals surface area contributed by atoms with Gasteiger partial charge < -0.3 is 0 Å². The molecule has 1 aromatic carbocycles. The van der Waals surface area contributed by atoms with E-state index in [2.05, 4.69) is 29.4 Å². The smallest absolute Gasteiger partial charge is 0.242 e. The molecule has 3 rings (SSSR count). The van der Waals surface area contributed by atoms with Crippen LogP contribution in [0.4, 0.5) is 0 Å². The van der Waals surface area contributed by atoms with Crippen LogP contribution in [0.3, 0.4) is 0 Å². The molecule has 8 heteroatoms. The molecule has 1 aromatic heterocycles. The summed E-state index contributed by atoms with van der Waals surface area (Å²) in [5.74, 6) is 0.292. The van der Waals surface area contributed by atoms with E-state index in [1.54, 1.807) is 11.3 Å². The molecule has 27 heavy (non-hydrogen) atoms. The molecule has 2 heterocycles. The van der Waals surface area contributed by atoms with Crippen molar-refractivity contribution in [1.82, 2.24) is 15.6 Å². The highest BCUT2D eigenvalue weighted by Gasteiger charge is 2.37. The maximum absolute atomic E-state index is 13.1. The fourth-order valence-electron chi connectivity index (χ4n) is 3.54. The lowest BCUT2D eigenvalue weighted by molar-refractivity contribution is 0.468. The van der Waals surface area contributed by atoms with Crippen molar-refractivity contribution in [1.29, 1.82) is 0 Å². The molecule has 0 aliphatic carbocycles. The zero-order chi connectivity index (χ0) is 19.8. The molecule has 1 fully saturated rings. The zero-order valence-electron chi connectivity index (χ0n) is 16.0. The Morgan fingerprint density at radius 3 is 2.37 bits per heavy atom. The van der Waals surface area contributed by atoms with E-state index in [0.717, 1.165) is 20.9 Å². The van der Waals surface area contributed by atoms with Crippen molar-refractivity contribution in [3.8, 4) is 0 Å². The SMILES string of the molecule is Cc1sc(C)c(S(=O)(=O)NCCc2ccc(Cl)cc2)c1C1NNC(C)C1C. The van der Waals surface area contributed by atoms with Crippen molar-refractivity contribution in [2.24, 2.45) is 5.92 Å². The van der Waals surface area contributed by atoms with E-state index in [9.17, 15) is 8.42 Å². The minimum absolute atomic E-state index is 0.0206. The van der Waals surface area contributed by atoms with Gasteiger partial charge in [-0.2, -0.15) is 0 Å². The molecule has 3 atom stereocenters. The lowest BCUT2D eigenvalue weighted by Gasteiger charge is -2.19. The first kappa shape index (κ1) is 20.8. The predicted octanol–water partition coefficient (Wildman–Crippen LogP) is 3.71. The van der Waals surface area contributed by atoms with Gasteiger partial charge in [0.05, 0.1) is 6.04 Å². The highest BCUT2D eigenvalue weighted by atomic mass is 35.5. The normalized spacial score (nSPS) is 23.1. The Morgan fingerprint density at radius 2 is 1.78 bits per heavy atom. The zero-order valence-corrected chi connectivity index (χ0v) is 18.4. The Balaban J connectivity index is 1.81. The second kappa shape index (κ2) is 8.19. The quantitative estimate of drug-likeness (QED) is 0.657. The number of aryl methyl sites for hydroxylation is 2. The first-order chi connectivity index (χ1) is 12.7. The van der Waals surface area contributed by atoms with Crippen molar-refractivity contribution in [3.63, 3.8) is 0 Å². The molecular formula is C19H26ClN3O2S2. The van der Waals surface area contributed by atoms with Crippen molar-refractivity contribution in [2.45, 2.75) is 51.1 Å². The maximum atomic E-state index is 13.1. The summed E-state index contributed by atoms with van der Waals surface area (Å²) in [4.78, 5) is 2.31.